The molecule has 1 unspecified atom stereocenters. The molecule has 1 amide bonds. The minimum Gasteiger partial charge on any atom is -0.409 e. The molecule has 0 heterocycles. The van der Waals surface area contributed by atoms with Crippen LogP contribution in [0.3, 0.4) is 0 Å². The van der Waals surface area contributed by atoms with E-state index in [0.29, 0.717) is 12.0 Å². The fourth-order valence-corrected chi connectivity index (χ4v) is 2.48. The third-order valence-electron chi connectivity index (χ3n) is 2.80. The number of benzene rings is 1. The van der Waals surface area contributed by atoms with Crippen LogP contribution in [0.5, 0.6) is 0 Å². The summed E-state index contributed by atoms with van der Waals surface area (Å²) < 4.78 is 22.0. The lowest BCUT2D eigenvalue weighted by atomic mass is 9.97. The Labute approximate surface area is 123 Å². The fourth-order valence-electron chi connectivity index (χ4n) is 1.81. The Balaban J connectivity index is 2.70. The number of hydrogen-bond donors (Lipinski definition) is 3. The molecule has 0 aliphatic carbocycles. The number of hydrogen-bond acceptors (Lipinski definition) is 5. The Morgan fingerprint density at radius 3 is 2.52 bits per heavy atom. The third kappa shape index (κ3) is 5.82. The lowest BCUT2D eigenvalue weighted by Gasteiger charge is -2.15. The van der Waals surface area contributed by atoms with Crippen molar-refractivity contribution in [3.05, 3.63) is 35.9 Å². The summed E-state index contributed by atoms with van der Waals surface area (Å²) in [5.41, 5.74) is 6.16. The van der Waals surface area contributed by atoms with Crippen LogP contribution >= 0.6 is 0 Å². The molecule has 0 aromatic heterocycles. The molecule has 1 atom stereocenters. The van der Waals surface area contributed by atoms with Crippen molar-refractivity contribution in [2.24, 2.45) is 10.9 Å². The van der Waals surface area contributed by atoms with E-state index in [-0.39, 0.29) is 18.1 Å². The number of oxime groups is 1. The number of amidine groups is 1. The fraction of sp³-hybridized carbons (Fsp3) is 0.385. The number of carbonyl (C=O) groups is 1. The first-order valence-corrected chi connectivity index (χ1v) is 8.39. The van der Waals surface area contributed by atoms with Crippen molar-refractivity contribution in [1.82, 2.24) is 5.32 Å². The summed E-state index contributed by atoms with van der Waals surface area (Å²) in [5, 5.41) is 14.3. The molecule has 0 fully saturated rings. The molecule has 0 bridgehead atoms. The first-order valence-electron chi connectivity index (χ1n) is 6.33. The number of nitrogens with zero attached hydrogens (tertiary/aromatic N) is 1. The predicted octanol–water partition coefficient (Wildman–Crippen LogP) is 0.0675. The zero-order chi connectivity index (χ0) is 15.9. The van der Waals surface area contributed by atoms with Crippen LogP contribution in [-0.2, 0) is 14.6 Å². The average molecular weight is 313 g/mol. The van der Waals surface area contributed by atoms with E-state index in [0.717, 1.165) is 6.26 Å². The highest BCUT2D eigenvalue weighted by atomic mass is 32.2. The molecule has 0 spiro atoms. The van der Waals surface area contributed by atoms with Crippen LogP contribution in [-0.4, -0.2) is 43.9 Å². The van der Waals surface area contributed by atoms with Crippen LogP contribution in [0.25, 0.3) is 0 Å². The smallest absolute Gasteiger partial charge is 0.235 e. The number of rotatable bonds is 7. The van der Waals surface area contributed by atoms with E-state index >= 15 is 0 Å². The molecule has 0 radical (unpaired) electrons. The van der Waals surface area contributed by atoms with Gasteiger partial charge in [0.2, 0.25) is 5.91 Å². The minimum absolute atomic E-state index is 0.00709. The number of carbonyl (C=O) groups excluding carboxylic acids is 1. The molecule has 116 valence electrons. The summed E-state index contributed by atoms with van der Waals surface area (Å²) >= 11 is 0. The largest absolute Gasteiger partial charge is 0.409 e. The van der Waals surface area contributed by atoms with Crippen molar-refractivity contribution >= 4 is 21.6 Å². The van der Waals surface area contributed by atoms with Gasteiger partial charge >= 0.3 is 0 Å². The quantitative estimate of drug-likeness (QED) is 0.216. The number of amides is 1. The molecule has 1 aromatic carbocycles. The molecular weight excluding hydrogens is 294 g/mol. The molecule has 0 aliphatic heterocycles. The highest BCUT2D eigenvalue weighted by molar-refractivity contribution is 7.90. The monoisotopic (exact) mass is 313 g/mol. The molecule has 4 N–H and O–H groups in total. The van der Waals surface area contributed by atoms with Gasteiger partial charge in [0.05, 0.1) is 5.75 Å². The van der Waals surface area contributed by atoms with Crippen LogP contribution in [0.4, 0.5) is 0 Å². The number of nitrogens with one attached hydrogen (secondary N) is 1. The van der Waals surface area contributed by atoms with Gasteiger partial charge in [-0.2, -0.15) is 0 Å². The minimum atomic E-state index is -3.06. The summed E-state index contributed by atoms with van der Waals surface area (Å²) in [6, 6.07) is 8.66. The van der Waals surface area contributed by atoms with Gasteiger partial charge in [0.15, 0.2) is 5.84 Å². The standard InChI is InChI=1S/C13H19N3O4S/c1-21(19,20)9-5-8-15-13(17)11(12(14)16-18)10-6-3-2-4-7-10/h2-4,6-7,11,18H,5,8-9H2,1H3,(H2,14,16)(H,15,17). The van der Waals surface area contributed by atoms with Gasteiger partial charge in [-0.15, -0.1) is 0 Å². The first-order chi connectivity index (χ1) is 9.85. The Kier molecular flexibility index (Phi) is 6.16. The molecule has 8 heteroatoms. The van der Waals surface area contributed by atoms with Gasteiger partial charge in [-0.25, -0.2) is 8.42 Å². The van der Waals surface area contributed by atoms with E-state index < -0.39 is 21.7 Å². The number of sulfone groups is 1. The van der Waals surface area contributed by atoms with Crippen LogP contribution in [0, 0.1) is 0 Å². The molecule has 1 rings (SSSR count). The second-order valence-corrected chi connectivity index (χ2v) is 6.90. The van der Waals surface area contributed by atoms with Crippen molar-refractivity contribution in [3.63, 3.8) is 0 Å². The molecule has 0 saturated heterocycles. The van der Waals surface area contributed by atoms with Gasteiger partial charge in [-0.05, 0) is 12.0 Å². The van der Waals surface area contributed by atoms with E-state index in [2.05, 4.69) is 10.5 Å². The van der Waals surface area contributed by atoms with Gasteiger partial charge in [0, 0.05) is 12.8 Å². The second kappa shape index (κ2) is 7.63. The maximum absolute atomic E-state index is 12.1. The molecule has 0 aliphatic rings. The van der Waals surface area contributed by atoms with E-state index in [1.807, 2.05) is 0 Å². The number of nitrogens with two attached hydrogens (primary N) is 1. The van der Waals surface area contributed by atoms with E-state index in [4.69, 9.17) is 10.9 Å². The van der Waals surface area contributed by atoms with Gasteiger partial charge in [0.1, 0.15) is 15.8 Å². The van der Waals surface area contributed by atoms with E-state index in [9.17, 15) is 13.2 Å². The Morgan fingerprint density at radius 2 is 2.00 bits per heavy atom. The van der Waals surface area contributed by atoms with Crippen LogP contribution < -0.4 is 11.1 Å². The Bertz CT molecular complexity index is 599. The SMILES string of the molecule is CS(=O)(=O)CCCNC(=O)C(C(N)=NO)c1ccccc1. The van der Waals surface area contributed by atoms with Crippen molar-refractivity contribution < 1.29 is 18.4 Å². The van der Waals surface area contributed by atoms with Crippen molar-refractivity contribution in [1.29, 1.82) is 0 Å². The third-order valence-corrected chi connectivity index (χ3v) is 3.83. The maximum atomic E-state index is 12.1. The lowest BCUT2D eigenvalue weighted by Crippen LogP contribution is -2.38. The highest BCUT2D eigenvalue weighted by Gasteiger charge is 2.24. The highest BCUT2D eigenvalue weighted by Crippen LogP contribution is 2.16. The van der Waals surface area contributed by atoms with Crippen molar-refractivity contribution in [2.75, 3.05) is 18.6 Å². The van der Waals surface area contributed by atoms with Crippen molar-refractivity contribution in [3.8, 4) is 0 Å². The summed E-state index contributed by atoms with van der Waals surface area (Å²) in [7, 11) is -3.06. The summed E-state index contributed by atoms with van der Waals surface area (Å²) in [5.74, 6) is -1.58. The zero-order valence-electron chi connectivity index (χ0n) is 11.7. The van der Waals surface area contributed by atoms with Gasteiger partial charge in [-0.1, -0.05) is 35.5 Å². The van der Waals surface area contributed by atoms with Gasteiger partial charge < -0.3 is 16.3 Å². The van der Waals surface area contributed by atoms with E-state index in [1.165, 1.54) is 0 Å². The molecular formula is C13H19N3O4S. The Morgan fingerprint density at radius 1 is 1.38 bits per heavy atom. The lowest BCUT2D eigenvalue weighted by molar-refractivity contribution is -0.121. The maximum Gasteiger partial charge on any atom is 0.235 e. The summed E-state index contributed by atoms with van der Waals surface area (Å²) in [6.07, 6.45) is 1.44. The second-order valence-electron chi connectivity index (χ2n) is 4.64. The summed E-state index contributed by atoms with van der Waals surface area (Å²) in [6.45, 7) is 0.202. The predicted molar refractivity (Wildman–Crippen MR) is 79.9 cm³/mol. The molecule has 0 saturated carbocycles. The van der Waals surface area contributed by atoms with Gasteiger partial charge in [0.25, 0.3) is 0 Å². The average Bonchev–Trinajstić information content (AvgIpc) is 2.44. The first kappa shape index (κ1) is 17.0. The van der Waals surface area contributed by atoms with Crippen LogP contribution in [0.15, 0.2) is 35.5 Å². The molecule has 21 heavy (non-hydrogen) atoms. The molecule has 7 nitrogen and oxygen atoms in total. The normalized spacial score (nSPS) is 13.7. The summed E-state index contributed by atoms with van der Waals surface area (Å²) in [4.78, 5) is 12.1. The molecule has 1 aromatic rings. The van der Waals surface area contributed by atoms with Crippen LogP contribution in [0.1, 0.15) is 17.9 Å². The van der Waals surface area contributed by atoms with Crippen molar-refractivity contribution in [2.45, 2.75) is 12.3 Å². The van der Waals surface area contributed by atoms with Crippen LogP contribution in [0.2, 0.25) is 0 Å². The van der Waals surface area contributed by atoms with Gasteiger partial charge in [-0.3, -0.25) is 4.79 Å². The van der Waals surface area contributed by atoms with E-state index in [1.54, 1.807) is 30.3 Å². The zero-order valence-corrected chi connectivity index (χ0v) is 12.5. The topological polar surface area (TPSA) is 122 Å². The Hall–Kier alpha value is -2.09.